The lowest BCUT2D eigenvalue weighted by Gasteiger charge is -2.14. The Hall–Kier alpha value is -1.86. The minimum atomic E-state index is -5.09. The molecule has 0 aliphatic heterocycles. The summed E-state index contributed by atoms with van der Waals surface area (Å²) < 4.78 is 69.0. The van der Waals surface area contributed by atoms with Crippen LogP contribution in [0.2, 0.25) is 0 Å². The first kappa shape index (κ1) is 14.2. The molecule has 18 heavy (non-hydrogen) atoms. The number of rotatable bonds is 3. The fourth-order valence-corrected chi connectivity index (χ4v) is 1.26. The highest BCUT2D eigenvalue weighted by atomic mass is 19.4. The second-order valence-corrected chi connectivity index (χ2v) is 3.06. The van der Waals surface area contributed by atoms with Crippen LogP contribution in [0.3, 0.4) is 0 Å². The van der Waals surface area contributed by atoms with Crippen molar-refractivity contribution < 1.29 is 36.2 Å². The predicted molar refractivity (Wildman–Crippen MR) is 49.4 cm³/mol. The number of esters is 1. The lowest BCUT2D eigenvalue weighted by molar-refractivity contribution is -0.274. The van der Waals surface area contributed by atoms with E-state index >= 15 is 0 Å². The van der Waals surface area contributed by atoms with Gasteiger partial charge in [-0.15, -0.1) is 13.2 Å². The number of halogens is 5. The van der Waals surface area contributed by atoms with Crippen LogP contribution in [0.4, 0.5) is 22.0 Å². The largest absolute Gasteiger partial charge is 0.573 e. The van der Waals surface area contributed by atoms with Gasteiger partial charge in [-0.3, -0.25) is 0 Å². The quantitative estimate of drug-likeness (QED) is 0.624. The molecule has 0 saturated heterocycles. The van der Waals surface area contributed by atoms with Crippen LogP contribution in [0.5, 0.6) is 5.75 Å². The molecule has 1 rings (SSSR count). The molecule has 0 radical (unpaired) electrons. The zero-order valence-corrected chi connectivity index (χ0v) is 8.92. The number of benzene rings is 1. The molecule has 0 heterocycles. The minimum absolute atomic E-state index is 0.756. The first-order chi connectivity index (χ1) is 8.26. The van der Waals surface area contributed by atoms with Gasteiger partial charge in [0.2, 0.25) is 0 Å². The Bertz CT molecular complexity index is 442. The van der Waals surface area contributed by atoms with E-state index in [-0.39, 0.29) is 0 Å². The smallest absolute Gasteiger partial charge is 0.465 e. The average molecular weight is 270 g/mol. The van der Waals surface area contributed by atoms with Gasteiger partial charge in [0.25, 0.3) is 6.43 Å². The van der Waals surface area contributed by atoms with Gasteiger partial charge in [-0.05, 0) is 6.07 Å². The molecule has 0 spiro atoms. The second-order valence-electron chi connectivity index (χ2n) is 3.06. The fraction of sp³-hybridized carbons (Fsp3) is 0.300. The number of hydrogen-bond donors (Lipinski definition) is 0. The van der Waals surface area contributed by atoms with E-state index in [1.54, 1.807) is 0 Å². The SMILES string of the molecule is COC(=O)c1c(OC(F)(F)F)cccc1C(F)F. The zero-order valence-electron chi connectivity index (χ0n) is 8.92. The van der Waals surface area contributed by atoms with E-state index in [1.165, 1.54) is 0 Å². The number of hydrogen-bond acceptors (Lipinski definition) is 3. The molecule has 1 aromatic carbocycles. The van der Waals surface area contributed by atoms with E-state index < -0.39 is 35.6 Å². The van der Waals surface area contributed by atoms with Crippen molar-refractivity contribution in [2.45, 2.75) is 12.8 Å². The highest BCUT2D eigenvalue weighted by Gasteiger charge is 2.34. The van der Waals surface area contributed by atoms with E-state index in [1.807, 2.05) is 0 Å². The first-order valence-electron chi connectivity index (χ1n) is 4.51. The van der Waals surface area contributed by atoms with Gasteiger partial charge in [-0.25, -0.2) is 13.6 Å². The molecule has 0 fully saturated rings. The van der Waals surface area contributed by atoms with Crippen molar-refractivity contribution in [2.24, 2.45) is 0 Å². The number of alkyl halides is 5. The molecular weight excluding hydrogens is 263 g/mol. The normalized spacial score (nSPS) is 11.5. The highest BCUT2D eigenvalue weighted by Crippen LogP contribution is 2.33. The van der Waals surface area contributed by atoms with Crippen molar-refractivity contribution in [1.29, 1.82) is 0 Å². The van der Waals surface area contributed by atoms with Crippen LogP contribution in [-0.4, -0.2) is 19.4 Å². The molecule has 0 amide bonds. The summed E-state index contributed by atoms with van der Waals surface area (Å²) in [4.78, 5) is 11.2. The second kappa shape index (κ2) is 5.19. The Balaban J connectivity index is 3.33. The summed E-state index contributed by atoms with van der Waals surface area (Å²) in [5.74, 6) is -2.35. The summed E-state index contributed by atoms with van der Waals surface area (Å²) in [5.41, 5.74) is -1.82. The Morgan fingerprint density at radius 2 is 1.89 bits per heavy atom. The Labute approximate surface area is 98.1 Å². The van der Waals surface area contributed by atoms with Crippen LogP contribution in [0.25, 0.3) is 0 Å². The molecule has 8 heteroatoms. The fourth-order valence-electron chi connectivity index (χ4n) is 1.26. The lowest BCUT2D eigenvalue weighted by atomic mass is 10.1. The molecule has 100 valence electrons. The molecule has 0 aliphatic rings. The number of ether oxygens (including phenoxy) is 2. The van der Waals surface area contributed by atoms with Crippen LogP contribution < -0.4 is 4.74 Å². The lowest BCUT2D eigenvalue weighted by Crippen LogP contribution is -2.20. The number of methoxy groups -OCH3 is 1. The molecule has 0 N–H and O–H groups in total. The van der Waals surface area contributed by atoms with E-state index in [9.17, 15) is 26.7 Å². The summed E-state index contributed by atoms with van der Waals surface area (Å²) >= 11 is 0. The van der Waals surface area contributed by atoms with Gasteiger partial charge in [-0.2, -0.15) is 0 Å². The minimum Gasteiger partial charge on any atom is -0.465 e. The van der Waals surface area contributed by atoms with Crippen LogP contribution in [0.1, 0.15) is 22.3 Å². The van der Waals surface area contributed by atoms with E-state index in [0.29, 0.717) is 0 Å². The maximum atomic E-state index is 12.6. The third-order valence-corrected chi connectivity index (χ3v) is 1.91. The number of carbonyl (C=O) groups excluding carboxylic acids is 1. The van der Waals surface area contributed by atoms with E-state index in [4.69, 9.17) is 0 Å². The van der Waals surface area contributed by atoms with E-state index in [0.717, 1.165) is 25.3 Å². The summed E-state index contributed by atoms with van der Waals surface area (Å²) in [6.07, 6.45) is -8.22. The number of carbonyl (C=O) groups is 1. The summed E-state index contributed by atoms with van der Waals surface area (Å²) in [6.45, 7) is 0. The van der Waals surface area contributed by atoms with Gasteiger partial charge in [0.15, 0.2) is 0 Å². The molecule has 0 saturated carbocycles. The standard InChI is InChI=1S/C10H7F5O3/c1-17-9(16)7-5(8(11)12)3-2-4-6(7)18-10(13,14)15/h2-4,8H,1H3. The van der Waals surface area contributed by atoms with Gasteiger partial charge in [-0.1, -0.05) is 12.1 Å². The molecule has 0 aliphatic carbocycles. The van der Waals surface area contributed by atoms with Crippen molar-refractivity contribution in [2.75, 3.05) is 7.11 Å². The van der Waals surface area contributed by atoms with Gasteiger partial charge < -0.3 is 9.47 Å². The van der Waals surface area contributed by atoms with Crippen LogP contribution in [0, 0.1) is 0 Å². The van der Waals surface area contributed by atoms with Gasteiger partial charge in [0.05, 0.1) is 7.11 Å². The third kappa shape index (κ3) is 3.31. The van der Waals surface area contributed by atoms with Crippen LogP contribution in [0.15, 0.2) is 18.2 Å². The Morgan fingerprint density at radius 3 is 2.33 bits per heavy atom. The van der Waals surface area contributed by atoms with Gasteiger partial charge in [0, 0.05) is 5.56 Å². The van der Waals surface area contributed by atoms with E-state index in [2.05, 4.69) is 9.47 Å². The molecule has 0 bridgehead atoms. The third-order valence-electron chi connectivity index (χ3n) is 1.91. The monoisotopic (exact) mass is 270 g/mol. The van der Waals surface area contributed by atoms with Crippen molar-refractivity contribution in [3.8, 4) is 5.75 Å². The molecule has 3 nitrogen and oxygen atoms in total. The van der Waals surface area contributed by atoms with Crippen LogP contribution >= 0.6 is 0 Å². The predicted octanol–water partition coefficient (Wildman–Crippen LogP) is 3.31. The van der Waals surface area contributed by atoms with Gasteiger partial charge >= 0.3 is 12.3 Å². The summed E-state index contributed by atoms with van der Waals surface area (Å²) in [6, 6.07) is 2.50. The summed E-state index contributed by atoms with van der Waals surface area (Å²) in [7, 11) is 0.863. The molecule has 0 aromatic heterocycles. The molecular formula is C10H7F5O3. The summed E-state index contributed by atoms with van der Waals surface area (Å²) in [5, 5.41) is 0. The molecule has 0 unspecified atom stereocenters. The highest BCUT2D eigenvalue weighted by molar-refractivity contribution is 5.94. The average Bonchev–Trinajstić information content (AvgIpc) is 2.25. The van der Waals surface area contributed by atoms with Crippen molar-refractivity contribution in [3.63, 3.8) is 0 Å². The van der Waals surface area contributed by atoms with Crippen molar-refractivity contribution in [1.82, 2.24) is 0 Å². The molecule has 1 aromatic rings. The zero-order chi connectivity index (χ0) is 13.9. The Morgan fingerprint density at radius 1 is 1.28 bits per heavy atom. The van der Waals surface area contributed by atoms with Crippen LogP contribution in [-0.2, 0) is 4.74 Å². The maximum Gasteiger partial charge on any atom is 0.573 e. The Kier molecular flexibility index (Phi) is 4.10. The van der Waals surface area contributed by atoms with Crippen molar-refractivity contribution in [3.05, 3.63) is 29.3 Å². The van der Waals surface area contributed by atoms with Gasteiger partial charge in [0.1, 0.15) is 11.3 Å². The topological polar surface area (TPSA) is 35.5 Å². The maximum absolute atomic E-state index is 12.6. The first-order valence-corrected chi connectivity index (χ1v) is 4.51. The molecule has 0 atom stereocenters. The van der Waals surface area contributed by atoms with Crippen molar-refractivity contribution >= 4 is 5.97 Å².